The lowest BCUT2D eigenvalue weighted by Gasteiger charge is -2.45. The minimum atomic E-state index is -3.53. The topological polar surface area (TPSA) is 136 Å². The van der Waals surface area contributed by atoms with E-state index in [2.05, 4.69) is 5.32 Å². The molecule has 0 unspecified atom stereocenters. The molecular formula is C23H30N6O6S. The molecule has 1 amide bonds. The number of hydrogen-bond acceptors (Lipinski definition) is 9. The number of carbonyl (C=O) groups is 2. The lowest BCUT2D eigenvalue weighted by molar-refractivity contribution is -0.132. The molecule has 0 bridgehead atoms. The highest BCUT2D eigenvalue weighted by Crippen LogP contribution is 2.38. The van der Waals surface area contributed by atoms with Crippen LogP contribution in [0.2, 0.25) is 0 Å². The molecule has 1 saturated heterocycles. The van der Waals surface area contributed by atoms with E-state index in [4.69, 9.17) is 14.9 Å². The first-order valence-corrected chi connectivity index (χ1v) is 13.0. The number of rotatable bonds is 6. The summed E-state index contributed by atoms with van der Waals surface area (Å²) in [5.41, 5.74) is 1.35. The molecule has 0 radical (unpaired) electrons. The number of hydroxylamine groups is 2. The standard InChI is InChI=1S/C23H30N6O6S/c1-15-22(30)27(4)19-9-10-20(24-16-5-7-18(8-6-16)36(33,34)26(2)3)25-21(19)29(15)17-11-13-28(14-12-17)35-23(31)32/h5-10,15,17H,11-14H2,1-4H3,(H,24,25)(H,31,32)/t15-/m1/s1. The second-order valence-corrected chi connectivity index (χ2v) is 11.1. The SMILES string of the molecule is C[C@@H]1C(=O)N(C)c2ccc(Nc3ccc(S(=O)(=O)N(C)C)cc3)nc2N1C1CCN(OC(=O)O)CC1. The number of fused-ring (bicyclic) bond motifs is 1. The maximum atomic E-state index is 13.0. The van der Waals surface area contributed by atoms with E-state index in [0.717, 1.165) is 4.31 Å². The van der Waals surface area contributed by atoms with Gasteiger partial charge in [-0.2, -0.15) is 0 Å². The van der Waals surface area contributed by atoms with Crippen molar-refractivity contribution in [2.24, 2.45) is 0 Å². The van der Waals surface area contributed by atoms with Crippen LogP contribution in [0.25, 0.3) is 0 Å². The number of amides is 1. The van der Waals surface area contributed by atoms with Crippen LogP contribution in [0.15, 0.2) is 41.3 Å². The highest BCUT2D eigenvalue weighted by molar-refractivity contribution is 7.89. The van der Waals surface area contributed by atoms with E-state index in [1.54, 1.807) is 30.1 Å². The molecule has 13 heteroatoms. The monoisotopic (exact) mass is 518 g/mol. The van der Waals surface area contributed by atoms with Crippen molar-refractivity contribution in [2.45, 2.75) is 36.7 Å². The number of piperidine rings is 1. The largest absolute Gasteiger partial charge is 0.525 e. The van der Waals surface area contributed by atoms with Gasteiger partial charge in [-0.05, 0) is 56.2 Å². The second-order valence-electron chi connectivity index (χ2n) is 8.97. The minimum absolute atomic E-state index is 0.0247. The predicted molar refractivity (Wildman–Crippen MR) is 134 cm³/mol. The van der Waals surface area contributed by atoms with Gasteiger partial charge in [-0.15, -0.1) is 5.06 Å². The lowest BCUT2D eigenvalue weighted by atomic mass is 10.00. The molecule has 194 valence electrons. The number of pyridine rings is 1. The first kappa shape index (κ1) is 25.7. The number of carbonyl (C=O) groups excluding carboxylic acids is 1. The zero-order chi connectivity index (χ0) is 26.2. The number of anilines is 4. The summed E-state index contributed by atoms with van der Waals surface area (Å²) >= 11 is 0. The molecule has 2 aromatic rings. The third-order valence-electron chi connectivity index (χ3n) is 6.50. The normalized spacial score (nSPS) is 19.4. The van der Waals surface area contributed by atoms with Gasteiger partial charge < -0.3 is 25.1 Å². The summed E-state index contributed by atoms with van der Waals surface area (Å²) in [4.78, 5) is 37.2. The lowest BCUT2D eigenvalue weighted by Crippen LogP contribution is -2.57. The van der Waals surface area contributed by atoms with Gasteiger partial charge in [-0.25, -0.2) is 22.5 Å². The Labute approximate surface area is 210 Å². The van der Waals surface area contributed by atoms with Gasteiger partial charge in [0.05, 0.1) is 10.6 Å². The molecule has 2 aliphatic heterocycles. The minimum Gasteiger partial charge on any atom is -0.448 e. The molecular weight excluding hydrogens is 488 g/mol. The van der Waals surface area contributed by atoms with E-state index < -0.39 is 22.2 Å². The van der Waals surface area contributed by atoms with E-state index in [-0.39, 0.29) is 16.8 Å². The fourth-order valence-electron chi connectivity index (χ4n) is 4.54. The van der Waals surface area contributed by atoms with Crippen LogP contribution < -0.4 is 15.1 Å². The highest BCUT2D eigenvalue weighted by atomic mass is 32.2. The van der Waals surface area contributed by atoms with Crippen molar-refractivity contribution in [3.05, 3.63) is 36.4 Å². The summed E-state index contributed by atoms with van der Waals surface area (Å²) in [7, 11) is 1.16. The molecule has 3 heterocycles. The Hall–Kier alpha value is -3.42. The molecule has 0 spiro atoms. The van der Waals surface area contributed by atoms with Gasteiger partial charge in [-0.1, -0.05) is 0 Å². The Kier molecular flexibility index (Phi) is 7.07. The third-order valence-corrected chi connectivity index (χ3v) is 8.32. The number of benzene rings is 1. The summed E-state index contributed by atoms with van der Waals surface area (Å²) in [6, 6.07) is 9.53. The molecule has 1 atom stereocenters. The first-order chi connectivity index (χ1) is 17.0. The number of sulfonamides is 1. The van der Waals surface area contributed by atoms with Crippen molar-refractivity contribution in [3.63, 3.8) is 0 Å². The zero-order valence-corrected chi connectivity index (χ0v) is 21.4. The summed E-state index contributed by atoms with van der Waals surface area (Å²) < 4.78 is 25.8. The van der Waals surface area contributed by atoms with E-state index in [9.17, 15) is 18.0 Å². The Bertz CT molecular complexity index is 1240. The average molecular weight is 519 g/mol. The van der Waals surface area contributed by atoms with Gasteiger partial charge in [0, 0.05) is 46.0 Å². The van der Waals surface area contributed by atoms with Crippen LogP contribution in [-0.2, 0) is 19.7 Å². The van der Waals surface area contributed by atoms with Crippen molar-refractivity contribution >= 4 is 45.1 Å². The van der Waals surface area contributed by atoms with E-state index in [0.29, 0.717) is 48.9 Å². The molecule has 2 N–H and O–H groups in total. The molecule has 36 heavy (non-hydrogen) atoms. The smallest absolute Gasteiger partial charge is 0.448 e. The fraction of sp³-hybridized carbons (Fsp3) is 0.435. The van der Waals surface area contributed by atoms with Crippen LogP contribution >= 0.6 is 0 Å². The molecule has 1 aromatic carbocycles. The number of nitrogens with one attached hydrogen (secondary N) is 1. The molecule has 4 rings (SSSR count). The van der Waals surface area contributed by atoms with Crippen LogP contribution in [0.1, 0.15) is 19.8 Å². The number of nitrogens with zero attached hydrogens (tertiary/aromatic N) is 5. The Morgan fingerprint density at radius 2 is 1.78 bits per heavy atom. The molecule has 1 aromatic heterocycles. The van der Waals surface area contributed by atoms with Crippen molar-refractivity contribution in [1.29, 1.82) is 0 Å². The van der Waals surface area contributed by atoms with Gasteiger partial charge in [0.1, 0.15) is 11.9 Å². The van der Waals surface area contributed by atoms with Gasteiger partial charge in [-0.3, -0.25) is 4.79 Å². The predicted octanol–water partition coefficient (Wildman–Crippen LogP) is 2.32. The van der Waals surface area contributed by atoms with E-state index in [1.165, 1.54) is 31.3 Å². The first-order valence-electron chi connectivity index (χ1n) is 11.5. The maximum absolute atomic E-state index is 13.0. The molecule has 12 nitrogen and oxygen atoms in total. The molecule has 0 saturated carbocycles. The number of carboxylic acid groups (broad SMARTS) is 1. The maximum Gasteiger partial charge on any atom is 0.525 e. The Morgan fingerprint density at radius 3 is 2.36 bits per heavy atom. The molecule has 0 aliphatic carbocycles. The van der Waals surface area contributed by atoms with Gasteiger partial charge in [0.15, 0.2) is 5.82 Å². The summed E-state index contributed by atoms with van der Waals surface area (Å²) in [6.45, 7) is 2.67. The molecule has 1 fully saturated rings. The van der Waals surface area contributed by atoms with Crippen LogP contribution in [0.5, 0.6) is 0 Å². The Morgan fingerprint density at radius 1 is 1.14 bits per heavy atom. The quantitative estimate of drug-likeness (QED) is 0.586. The van der Waals surface area contributed by atoms with E-state index in [1.807, 2.05) is 17.9 Å². The third kappa shape index (κ3) is 4.94. The van der Waals surface area contributed by atoms with Gasteiger partial charge in [0.2, 0.25) is 15.9 Å². The van der Waals surface area contributed by atoms with Crippen LogP contribution in [0.3, 0.4) is 0 Å². The summed E-state index contributed by atoms with van der Waals surface area (Å²) in [6.07, 6.45) is -0.128. The number of likely N-dealkylation sites (N-methyl/N-ethyl adjacent to an activating group) is 1. The molecule has 2 aliphatic rings. The summed E-state index contributed by atoms with van der Waals surface area (Å²) in [5, 5.41) is 13.5. The van der Waals surface area contributed by atoms with Gasteiger partial charge in [0.25, 0.3) is 0 Å². The second kappa shape index (κ2) is 9.91. The fourth-order valence-corrected chi connectivity index (χ4v) is 5.45. The van der Waals surface area contributed by atoms with Crippen molar-refractivity contribution < 1.29 is 28.0 Å². The highest BCUT2D eigenvalue weighted by Gasteiger charge is 2.40. The summed E-state index contributed by atoms with van der Waals surface area (Å²) in [5.74, 6) is 1.15. The zero-order valence-electron chi connectivity index (χ0n) is 20.6. The van der Waals surface area contributed by atoms with Crippen molar-refractivity contribution in [1.82, 2.24) is 14.4 Å². The Balaban J connectivity index is 1.59. The number of hydrogen-bond donors (Lipinski definition) is 2. The van der Waals surface area contributed by atoms with E-state index >= 15 is 0 Å². The van der Waals surface area contributed by atoms with Crippen molar-refractivity contribution in [3.8, 4) is 0 Å². The van der Waals surface area contributed by atoms with Crippen LogP contribution in [0.4, 0.5) is 27.8 Å². The number of aromatic nitrogens is 1. The van der Waals surface area contributed by atoms with Crippen LogP contribution in [-0.4, -0.2) is 86.3 Å². The average Bonchev–Trinajstić information content (AvgIpc) is 2.83. The van der Waals surface area contributed by atoms with Crippen molar-refractivity contribution in [2.75, 3.05) is 49.3 Å². The van der Waals surface area contributed by atoms with Crippen LogP contribution in [0, 0.1) is 0 Å². The van der Waals surface area contributed by atoms with Gasteiger partial charge >= 0.3 is 6.16 Å².